The van der Waals surface area contributed by atoms with Crippen molar-refractivity contribution in [2.45, 2.75) is 12.8 Å². The third-order valence-electron chi connectivity index (χ3n) is 2.43. The van der Waals surface area contributed by atoms with Crippen LogP contribution in [0.15, 0.2) is 24.3 Å². The lowest BCUT2D eigenvalue weighted by Crippen LogP contribution is -2.23. The lowest BCUT2D eigenvalue weighted by Gasteiger charge is -2.09. The van der Waals surface area contributed by atoms with Gasteiger partial charge >= 0.3 is 5.97 Å². The van der Waals surface area contributed by atoms with Gasteiger partial charge in [0, 0.05) is 13.0 Å². The van der Waals surface area contributed by atoms with E-state index in [1.807, 2.05) is 0 Å². The summed E-state index contributed by atoms with van der Waals surface area (Å²) in [5.74, 6) is -0.965. The molecule has 1 amide bonds. The monoisotopic (exact) mass is 266 g/mol. The summed E-state index contributed by atoms with van der Waals surface area (Å²) in [7, 11) is 0. The number of carboxylic acid groups (broad SMARTS) is 1. The zero-order valence-corrected chi connectivity index (χ0v) is 10.6. The number of amides is 1. The Kier molecular flexibility index (Phi) is 6.38. The van der Waals surface area contributed by atoms with E-state index in [0.717, 1.165) is 0 Å². The molecule has 6 heteroatoms. The minimum atomic E-state index is -1.01. The average molecular weight is 266 g/mol. The molecule has 1 rings (SSSR count). The summed E-state index contributed by atoms with van der Waals surface area (Å²) >= 11 is 0. The molecule has 0 radical (unpaired) electrons. The van der Waals surface area contributed by atoms with Gasteiger partial charge in [-0.3, -0.25) is 4.79 Å². The van der Waals surface area contributed by atoms with Gasteiger partial charge in [0.1, 0.15) is 17.9 Å². The summed E-state index contributed by atoms with van der Waals surface area (Å²) in [4.78, 5) is 21.4. The quantitative estimate of drug-likeness (QED) is 0.569. The van der Waals surface area contributed by atoms with Crippen LogP contribution in [-0.2, 0) is 4.79 Å². The van der Waals surface area contributed by atoms with Gasteiger partial charge in [0.15, 0.2) is 0 Å². The van der Waals surface area contributed by atoms with Crippen LogP contribution in [0.25, 0.3) is 0 Å². The van der Waals surface area contributed by atoms with Crippen LogP contribution in [0, 0.1) is 0 Å². The fourth-order valence-corrected chi connectivity index (χ4v) is 1.51. The second-order valence-electron chi connectivity index (χ2n) is 3.97. The molecular formula is C13H18N2O4. The van der Waals surface area contributed by atoms with Crippen LogP contribution in [0.2, 0.25) is 0 Å². The summed E-state index contributed by atoms with van der Waals surface area (Å²) in [6.45, 7) is 1.61. The normalized spacial score (nSPS) is 10.1. The van der Waals surface area contributed by atoms with Gasteiger partial charge in [-0.1, -0.05) is 12.1 Å². The molecule has 0 aliphatic rings. The first kappa shape index (κ1) is 15.0. The molecule has 0 aromatic heterocycles. The van der Waals surface area contributed by atoms with Crippen LogP contribution < -0.4 is 15.8 Å². The Morgan fingerprint density at radius 2 is 2.00 bits per heavy atom. The molecule has 0 atom stereocenters. The van der Waals surface area contributed by atoms with Crippen molar-refractivity contribution >= 4 is 11.9 Å². The van der Waals surface area contributed by atoms with Crippen molar-refractivity contribution in [3.8, 4) is 5.75 Å². The van der Waals surface area contributed by atoms with Crippen molar-refractivity contribution in [1.29, 1.82) is 0 Å². The molecule has 4 N–H and O–H groups in total. The minimum absolute atomic E-state index is 0.149. The highest BCUT2D eigenvalue weighted by molar-refractivity contribution is 5.90. The van der Waals surface area contributed by atoms with Crippen LogP contribution in [0.4, 0.5) is 0 Å². The highest BCUT2D eigenvalue weighted by atomic mass is 16.5. The summed E-state index contributed by atoms with van der Waals surface area (Å²) in [6, 6.07) is 6.49. The Hall–Kier alpha value is -2.08. The predicted octanol–water partition coefficient (Wildman–Crippen LogP) is 0.619. The number of carboxylic acids is 1. The van der Waals surface area contributed by atoms with Gasteiger partial charge in [-0.15, -0.1) is 0 Å². The van der Waals surface area contributed by atoms with Crippen molar-refractivity contribution in [2.24, 2.45) is 5.73 Å². The molecule has 0 saturated carbocycles. The zero-order valence-electron chi connectivity index (χ0n) is 10.6. The number of primary amides is 1. The van der Waals surface area contributed by atoms with Crippen molar-refractivity contribution in [3.63, 3.8) is 0 Å². The maximum atomic E-state index is 10.9. The molecule has 0 unspecified atom stereocenters. The van der Waals surface area contributed by atoms with Gasteiger partial charge < -0.3 is 20.9 Å². The first-order valence-corrected chi connectivity index (χ1v) is 6.05. The first-order valence-electron chi connectivity index (χ1n) is 6.05. The number of hydrogen-bond acceptors (Lipinski definition) is 4. The Balaban J connectivity index is 2.23. The van der Waals surface area contributed by atoms with Gasteiger partial charge in [0.2, 0.25) is 5.91 Å². The SMILES string of the molecule is NC(=O)CCCNCCOc1ccccc1C(=O)O. The maximum absolute atomic E-state index is 10.9. The van der Waals surface area contributed by atoms with Crippen molar-refractivity contribution < 1.29 is 19.4 Å². The Labute approximate surface area is 111 Å². The average Bonchev–Trinajstić information content (AvgIpc) is 2.37. The number of ether oxygens (including phenoxy) is 1. The lowest BCUT2D eigenvalue weighted by molar-refractivity contribution is -0.118. The Morgan fingerprint density at radius 1 is 1.26 bits per heavy atom. The number of hydrogen-bond donors (Lipinski definition) is 3. The smallest absolute Gasteiger partial charge is 0.339 e. The van der Waals surface area contributed by atoms with Crippen LogP contribution in [-0.4, -0.2) is 36.7 Å². The second-order valence-corrected chi connectivity index (χ2v) is 3.97. The maximum Gasteiger partial charge on any atom is 0.339 e. The number of nitrogens with two attached hydrogens (primary N) is 1. The number of aromatic carboxylic acids is 1. The number of carbonyl (C=O) groups is 2. The molecule has 0 aliphatic heterocycles. The summed E-state index contributed by atoms with van der Waals surface area (Å²) in [5.41, 5.74) is 5.16. The molecule has 0 heterocycles. The highest BCUT2D eigenvalue weighted by Crippen LogP contribution is 2.17. The van der Waals surface area contributed by atoms with E-state index in [1.54, 1.807) is 18.2 Å². The van der Waals surface area contributed by atoms with Gasteiger partial charge in [-0.2, -0.15) is 0 Å². The number of para-hydroxylation sites is 1. The minimum Gasteiger partial charge on any atom is -0.491 e. The summed E-state index contributed by atoms with van der Waals surface area (Å²) in [5, 5.41) is 12.0. The standard InChI is InChI=1S/C13H18N2O4/c14-12(16)6-3-7-15-8-9-19-11-5-2-1-4-10(11)13(17)18/h1-2,4-5,15H,3,6-9H2,(H2,14,16)(H,17,18). The van der Waals surface area contributed by atoms with Crippen LogP contribution >= 0.6 is 0 Å². The zero-order chi connectivity index (χ0) is 14.1. The molecule has 19 heavy (non-hydrogen) atoms. The fourth-order valence-electron chi connectivity index (χ4n) is 1.51. The van der Waals surface area contributed by atoms with E-state index in [9.17, 15) is 9.59 Å². The van der Waals surface area contributed by atoms with Gasteiger partial charge in [-0.05, 0) is 25.1 Å². The van der Waals surface area contributed by atoms with Crippen LogP contribution in [0.3, 0.4) is 0 Å². The molecular weight excluding hydrogens is 248 g/mol. The van der Waals surface area contributed by atoms with E-state index in [-0.39, 0.29) is 11.5 Å². The van der Waals surface area contributed by atoms with E-state index < -0.39 is 5.97 Å². The van der Waals surface area contributed by atoms with Gasteiger partial charge in [0.25, 0.3) is 0 Å². The molecule has 0 aliphatic carbocycles. The molecule has 0 fully saturated rings. The number of nitrogens with one attached hydrogen (secondary N) is 1. The van der Waals surface area contributed by atoms with Crippen molar-refractivity contribution in [2.75, 3.05) is 19.7 Å². The fraction of sp³-hybridized carbons (Fsp3) is 0.385. The number of benzene rings is 1. The molecule has 0 saturated heterocycles. The van der Waals surface area contributed by atoms with E-state index in [1.165, 1.54) is 6.07 Å². The Morgan fingerprint density at radius 3 is 2.68 bits per heavy atom. The lowest BCUT2D eigenvalue weighted by atomic mass is 10.2. The van der Waals surface area contributed by atoms with E-state index in [4.69, 9.17) is 15.6 Å². The topological polar surface area (TPSA) is 102 Å². The number of rotatable bonds is 9. The van der Waals surface area contributed by atoms with Gasteiger partial charge in [-0.25, -0.2) is 4.79 Å². The highest BCUT2D eigenvalue weighted by Gasteiger charge is 2.09. The number of carbonyl (C=O) groups excluding carboxylic acids is 1. The molecule has 104 valence electrons. The molecule has 6 nitrogen and oxygen atoms in total. The third kappa shape index (κ3) is 5.87. The van der Waals surface area contributed by atoms with Crippen LogP contribution in [0.1, 0.15) is 23.2 Å². The first-order chi connectivity index (χ1) is 9.11. The van der Waals surface area contributed by atoms with E-state index >= 15 is 0 Å². The summed E-state index contributed by atoms with van der Waals surface area (Å²) in [6.07, 6.45) is 1.04. The van der Waals surface area contributed by atoms with Crippen molar-refractivity contribution in [3.05, 3.63) is 29.8 Å². The van der Waals surface area contributed by atoms with E-state index in [2.05, 4.69) is 5.32 Å². The predicted molar refractivity (Wildman–Crippen MR) is 70.2 cm³/mol. The van der Waals surface area contributed by atoms with Crippen LogP contribution in [0.5, 0.6) is 5.75 Å². The van der Waals surface area contributed by atoms with Gasteiger partial charge in [0.05, 0.1) is 0 Å². The molecule has 1 aromatic rings. The third-order valence-corrected chi connectivity index (χ3v) is 2.43. The largest absolute Gasteiger partial charge is 0.491 e. The molecule has 0 spiro atoms. The Bertz CT molecular complexity index is 434. The molecule has 0 bridgehead atoms. The molecule has 1 aromatic carbocycles. The van der Waals surface area contributed by atoms with Crippen molar-refractivity contribution in [1.82, 2.24) is 5.32 Å². The summed E-state index contributed by atoms with van der Waals surface area (Å²) < 4.78 is 5.39. The van der Waals surface area contributed by atoms with E-state index in [0.29, 0.717) is 38.3 Å². The second kappa shape index (κ2) is 8.10.